The Kier molecular flexibility index (Phi) is 6.63. The molecule has 9 nitrogen and oxygen atoms in total. The fourth-order valence-corrected chi connectivity index (χ4v) is 3.44. The molecule has 4 aromatic rings. The molecule has 0 saturated heterocycles. The lowest BCUT2D eigenvalue weighted by atomic mass is 10.2. The smallest absolute Gasteiger partial charge is 0.254 e. The fraction of sp³-hybridized carbons (Fsp3) is 0.222. The summed E-state index contributed by atoms with van der Waals surface area (Å²) >= 11 is 2.20. The lowest BCUT2D eigenvalue weighted by molar-refractivity contribution is 0.0749. The quantitative estimate of drug-likeness (QED) is 0.352. The summed E-state index contributed by atoms with van der Waals surface area (Å²) in [6, 6.07) is 7.52. The van der Waals surface area contributed by atoms with Crippen molar-refractivity contribution in [2.75, 3.05) is 26.4 Å². The Morgan fingerprint density at radius 1 is 0.655 bits per heavy atom. The second-order valence-electron chi connectivity index (χ2n) is 5.63. The average molecular weight is 428 g/mol. The van der Waals surface area contributed by atoms with Gasteiger partial charge in [0.15, 0.2) is 0 Å². The van der Waals surface area contributed by atoms with Gasteiger partial charge >= 0.3 is 0 Å². The van der Waals surface area contributed by atoms with E-state index >= 15 is 0 Å². The lowest BCUT2D eigenvalue weighted by Gasteiger charge is -2.07. The van der Waals surface area contributed by atoms with Crippen LogP contribution in [0.1, 0.15) is 0 Å². The van der Waals surface area contributed by atoms with Crippen molar-refractivity contribution in [3.8, 4) is 34.3 Å². The molecule has 0 saturated carbocycles. The van der Waals surface area contributed by atoms with Gasteiger partial charge in [-0.15, -0.1) is 8.75 Å². The number of ether oxygens (including phenoxy) is 3. The van der Waals surface area contributed by atoms with E-state index in [1.54, 1.807) is 24.8 Å². The van der Waals surface area contributed by atoms with E-state index < -0.39 is 0 Å². The summed E-state index contributed by atoms with van der Waals surface area (Å²) < 4.78 is 33.8. The normalized spacial score (nSPS) is 10.8. The standard InChI is InChI=1S/C18H16N6O3S2/c1-3-13(11-19-5-1)15-17(23-28-21-15)26-9-7-25-8-10-27-18-16(22-29-24-18)14-4-2-6-20-12-14/h1-6,11-12H,7-10H2. The highest BCUT2D eigenvalue weighted by Crippen LogP contribution is 2.27. The van der Waals surface area contributed by atoms with Gasteiger partial charge in [0.2, 0.25) is 0 Å². The average Bonchev–Trinajstić information content (AvgIpc) is 3.44. The minimum Gasteiger partial charge on any atom is -0.473 e. The summed E-state index contributed by atoms with van der Waals surface area (Å²) in [4.78, 5) is 8.18. The van der Waals surface area contributed by atoms with Gasteiger partial charge in [0, 0.05) is 35.9 Å². The van der Waals surface area contributed by atoms with Crippen LogP contribution in [0.3, 0.4) is 0 Å². The molecule has 148 valence electrons. The minimum atomic E-state index is 0.359. The summed E-state index contributed by atoms with van der Waals surface area (Å²) in [5, 5.41) is 0. The molecular weight excluding hydrogens is 412 g/mol. The molecular formula is C18H16N6O3S2. The third kappa shape index (κ3) is 5.08. The van der Waals surface area contributed by atoms with Crippen molar-refractivity contribution in [3.05, 3.63) is 49.1 Å². The SMILES string of the molecule is c1cncc(-c2nsnc2OCCOCCOc2nsnc2-c2cccnc2)c1. The van der Waals surface area contributed by atoms with Gasteiger partial charge in [-0.2, -0.15) is 8.75 Å². The highest BCUT2D eigenvalue weighted by Gasteiger charge is 2.13. The van der Waals surface area contributed by atoms with Crippen molar-refractivity contribution in [2.45, 2.75) is 0 Å². The van der Waals surface area contributed by atoms with Gasteiger partial charge in [-0.1, -0.05) is 0 Å². The maximum atomic E-state index is 5.68. The topological polar surface area (TPSA) is 105 Å². The largest absolute Gasteiger partial charge is 0.473 e. The van der Waals surface area contributed by atoms with E-state index in [9.17, 15) is 0 Å². The lowest BCUT2D eigenvalue weighted by Crippen LogP contribution is -2.12. The molecule has 0 spiro atoms. The first-order valence-corrected chi connectivity index (χ1v) is 10.2. The molecule has 4 aromatic heterocycles. The monoisotopic (exact) mass is 428 g/mol. The Bertz CT molecular complexity index is 931. The van der Waals surface area contributed by atoms with Gasteiger partial charge in [-0.05, 0) is 24.3 Å². The summed E-state index contributed by atoms with van der Waals surface area (Å²) in [5.41, 5.74) is 3.11. The summed E-state index contributed by atoms with van der Waals surface area (Å²) in [7, 11) is 0. The van der Waals surface area contributed by atoms with Crippen LogP contribution >= 0.6 is 23.5 Å². The molecule has 4 rings (SSSR count). The van der Waals surface area contributed by atoms with Crippen LogP contribution in [-0.4, -0.2) is 53.9 Å². The van der Waals surface area contributed by atoms with Gasteiger partial charge in [-0.3, -0.25) is 9.97 Å². The first kappa shape index (κ1) is 19.3. The van der Waals surface area contributed by atoms with Gasteiger partial charge in [-0.25, -0.2) is 0 Å². The molecule has 0 radical (unpaired) electrons. The summed E-state index contributed by atoms with van der Waals surface area (Å²) in [5.74, 6) is 0.968. The minimum absolute atomic E-state index is 0.359. The first-order chi connectivity index (χ1) is 14.4. The Hall–Kier alpha value is -3.02. The molecule has 29 heavy (non-hydrogen) atoms. The molecule has 0 aliphatic rings. The van der Waals surface area contributed by atoms with Crippen molar-refractivity contribution in [2.24, 2.45) is 0 Å². The molecule has 0 aromatic carbocycles. The first-order valence-electron chi connectivity index (χ1n) is 8.71. The third-order valence-electron chi connectivity index (χ3n) is 3.72. The number of pyridine rings is 2. The summed E-state index contributed by atoms with van der Waals surface area (Å²) in [6.45, 7) is 1.52. The Labute approximate surface area is 175 Å². The van der Waals surface area contributed by atoms with Crippen LogP contribution in [0.2, 0.25) is 0 Å². The van der Waals surface area contributed by atoms with E-state index in [4.69, 9.17) is 14.2 Å². The molecule has 11 heteroatoms. The van der Waals surface area contributed by atoms with Gasteiger partial charge in [0.25, 0.3) is 11.8 Å². The van der Waals surface area contributed by atoms with Crippen molar-refractivity contribution < 1.29 is 14.2 Å². The van der Waals surface area contributed by atoms with E-state index in [-0.39, 0.29) is 0 Å². The predicted molar refractivity (Wildman–Crippen MR) is 108 cm³/mol. The van der Waals surface area contributed by atoms with Crippen LogP contribution in [0.5, 0.6) is 11.8 Å². The van der Waals surface area contributed by atoms with E-state index in [0.717, 1.165) is 34.6 Å². The Morgan fingerprint density at radius 2 is 1.17 bits per heavy atom. The zero-order chi connectivity index (χ0) is 19.7. The second kappa shape index (κ2) is 9.96. The highest BCUT2D eigenvalue weighted by atomic mass is 32.1. The van der Waals surface area contributed by atoms with Gasteiger partial charge in [0.05, 0.1) is 36.7 Å². The number of hydrogen-bond donors (Lipinski definition) is 0. The second-order valence-corrected chi connectivity index (χ2v) is 6.69. The predicted octanol–water partition coefficient (Wildman–Crippen LogP) is 2.99. The Morgan fingerprint density at radius 3 is 1.62 bits per heavy atom. The van der Waals surface area contributed by atoms with E-state index in [0.29, 0.717) is 49.6 Å². The highest BCUT2D eigenvalue weighted by molar-refractivity contribution is 6.99. The molecule has 0 atom stereocenters. The molecule has 0 bridgehead atoms. The van der Waals surface area contributed by atoms with E-state index in [1.165, 1.54) is 0 Å². The van der Waals surface area contributed by atoms with Crippen LogP contribution < -0.4 is 9.47 Å². The van der Waals surface area contributed by atoms with Crippen LogP contribution in [-0.2, 0) is 4.74 Å². The molecule has 4 heterocycles. The molecule has 0 aliphatic heterocycles. The van der Waals surface area contributed by atoms with Crippen molar-refractivity contribution >= 4 is 23.5 Å². The van der Waals surface area contributed by atoms with E-state index in [1.807, 2.05) is 24.3 Å². The fourth-order valence-electron chi connectivity index (χ4n) is 2.41. The molecule has 0 amide bonds. The number of nitrogens with zero attached hydrogens (tertiary/aromatic N) is 6. The van der Waals surface area contributed by atoms with Crippen molar-refractivity contribution in [1.29, 1.82) is 0 Å². The maximum Gasteiger partial charge on any atom is 0.254 e. The number of rotatable bonds is 10. The Balaban J connectivity index is 1.18. The van der Waals surface area contributed by atoms with E-state index in [2.05, 4.69) is 27.5 Å². The molecule has 0 unspecified atom stereocenters. The number of hydrogen-bond acceptors (Lipinski definition) is 11. The summed E-state index contributed by atoms with van der Waals surface area (Å²) in [6.07, 6.45) is 6.87. The van der Waals surface area contributed by atoms with Crippen molar-refractivity contribution in [3.63, 3.8) is 0 Å². The van der Waals surface area contributed by atoms with Gasteiger partial charge < -0.3 is 14.2 Å². The van der Waals surface area contributed by atoms with Crippen molar-refractivity contribution in [1.82, 2.24) is 27.5 Å². The van der Waals surface area contributed by atoms with Crippen LogP contribution in [0, 0.1) is 0 Å². The molecule has 0 N–H and O–H groups in total. The van der Waals surface area contributed by atoms with Crippen LogP contribution in [0.15, 0.2) is 49.1 Å². The zero-order valence-corrected chi connectivity index (χ0v) is 16.8. The number of aromatic nitrogens is 6. The van der Waals surface area contributed by atoms with Crippen LogP contribution in [0.25, 0.3) is 22.5 Å². The maximum absolute atomic E-state index is 5.68. The molecule has 0 aliphatic carbocycles. The third-order valence-corrected chi connectivity index (χ3v) is 4.74. The molecule has 0 fully saturated rings. The van der Waals surface area contributed by atoms with Crippen LogP contribution in [0.4, 0.5) is 0 Å². The van der Waals surface area contributed by atoms with Gasteiger partial charge in [0.1, 0.15) is 24.6 Å². The zero-order valence-electron chi connectivity index (χ0n) is 15.2.